The number of carbonyl (C=O) groups is 2. The third-order valence-corrected chi connectivity index (χ3v) is 4.65. The van der Waals surface area contributed by atoms with Crippen molar-refractivity contribution in [1.29, 1.82) is 0 Å². The average Bonchev–Trinajstić information content (AvgIpc) is 3.08. The van der Waals surface area contributed by atoms with Gasteiger partial charge in [-0.1, -0.05) is 6.07 Å². The van der Waals surface area contributed by atoms with Gasteiger partial charge in [-0.25, -0.2) is 4.39 Å². The van der Waals surface area contributed by atoms with E-state index >= 15 is 0 Å². The summed E-state index contributed by atoms with van der Waals surface area (Å²) in [5, 5.41) is 2.82. The van der Waals surface area contributed by atoms with Crippen molar-refractivity contribution in [3.63, 3.8) is 0 Å². The Morgan fingerprint density at radius 3 is 2.64 bits per heavy atom. The van der Waals surface area contributed by atoms with E-state index in [-0.39, 0.29) is 24.2 Å². The van der Waals surface area contributed by atoms with E-state index in [0.29, 0.717) is 36.8 Å². The quantitative estimate of drug-likeness (QED) is 0.743. The van der Waals surface area contributed by atoms with Crippen LogP contribution in [-0.2, 0) is 16.1 Å². The molecule has 6 nitrogen and oxygen atoms in total. The zero-order valence-electron chi connectivity index (χ0n) is 15.9. The highest BCUT2D eigenvalue weighted by atomic mass is 19.1. The molecule has 148 valence electrons. The van der Waals surface area contributed by atoms with E-state index in [1.165, 1.54) is 17.0 Å². The van der Waals surface area contributed by atoms with Crippen molar-refractivity contribution in [3.05, 3.63) is 53.8 Å². The normalized spacial score (nSPS) is 16.2. The molecule has 1 atom stereocenters. The largest absolute Gasteiger partial charge is 0.493 e. The van der Waals surface area contributed by atoms with Crippen molar-refractivity contribution >= 4 is 17.5 Å². The summed E-state index contributed by atoms with van der Waals surface area (Å²) in [6.07, 6.45) is 0.425. The molecule has 1 aliphatic rings. The topological polar surface area (TPSA) is 67.9 Å². The summed E-state index contributed by atoms with van der Waals surface area (Å²) in [6.45, 7) is 3.09. The van der Waals surface area contributed by atoms with Gasteiger partial charge in [0.25, 0.3) is 0 Å². The summed E-state index contributed by atoms with van der Waals surface area (Å²) in [5.74, 6) is -0.462. The van der Waals surface area contributed by atoms with Crippen molar-refractivity contribution in [1.82, 2.24) is 5.32 Å². The van der Waals surface area contributed by atoms with Gasteiger partial charge in [-0.2, -0.15) is 0 Å². The van der Waals surface area contributed by atoms with E-state index in [1.54, 1.807) is 25.3 Å². The Bertz CT molecular complexity index is 854. The second-order valence-electron chi connectivity index (χ2n) is 6.44. The fourth-order valence-corrected chi connectivity index (χ4v) is 3.21. The predicted octanol–water partition coefficient (Wildman–Crippen LogP) is 2.90. The Balaban J connectivity index is 1.61. The highest BCUT2D eigenvalue weighted by molar-refractivity contribution is 6.09. The van der Waals surface area contributed by atoms with E-state index in [4.69, 9.17) is 9.47 Å². The molecule has 2 amide bonds. The first-order chi connectivity index (χ1) is 13.5. The molecule has 0 aromatic heterocycles. The number of carbonyl (C=O) groups excluding carboxylic acids is 2. The van der Waals surface area contributed by atoms with Crippen molar-refractivity contribution in [2.45, 2.75) is 19.9 Å². The average molecular weight is 386 g/mol. The number of nitrogens with one attached hydrogen (secondary N) is 1. The minimum atomic E-state index is -0.741. The summed E-state index contributed by atoms with van der Waals surface area (Å²) < 4.78 is 23.9. The van der Waals surface area contributed by atoms with Gasteiger partial charge in [-0.15, -0.1) is 0 Å². The SMILES string of the molecule is CCOc1cc(CNC(=O)C2CCN(c3ccc(F)cc3)C2=O)ccc1OC. The fraction of sp³-hybridized carbons (Fsp3) is 0.333. The first-order valence-electron chi connectivity index (χ1n) is 9.18. The number of methoxy groups -OCH3 is 1. The minimum Gasteiger partial charge on any atom is -0.493 e. The highest BCUT2D eigenvalue weighted by Gasteiger charge is 2.37. The van der Waals surface area contributed by atoms with Crippen LogP contribution < -0.4 is 19.7 Å². The molecule has 1 aliphatic heterocycles. The van der Waals surface area contributed by atoms with E-state index in [2.05, 4.69) is 5.32 Å². The number of benzene rings is 2. The van der Waals surface area contributed by atoms with Gasteiger partial charge in [0, 0.05) is 18.8 Å². The minimum absolute atomic E-state index is 0.270. The standard InChI is InChI=1S/C21H23FN2O4/c1-3-28-19-12-14(4-9-18(19)27-2)13-23-20(25)17-10-11-24(21(17)26)16-7-5-15(22)6-8-16/h4-9,12,17H,3,10-11,13H2,1-2H3,(H,23,25). The maximum atomic E-state index is 13.1. The zero-order valence-corrected chi connectivity index (χ0v) is 15.9. The van der Waals surface area contributed by atoms with Crippen molar-refractivity contribution < 1.29 is 23.5 Å². The smallest absolute Gasteiger partial charge is 0.239 e. The van der Waals surface area contributed by atoms with Crippen molar-refractivity contribution in [3.8, 4) is 11.5 Å². The van der Waals surface area contributed by atoms with Crippen LogP contribution in [-0.4, -0.2) is 32.1 Å². The molecule has 7 heteroatoms. The van der Waals surface area contributed by atoms with E-state index in [9.17, 15) is 14.0 Å². The van der Waals surface area contributed by atoms with Gasteiger partial charge < -0.3 is 19.7 Å². The van der Waals surface area contributed by atoms with Crippen LogP contribution in [0.15, 0.2) is 42.5 Å². The Hall–Kier alpha value is -3.09. The molecule has 0 bridgehead atoms. The van der Waals surface area contributed by atoms with E-state index < -0.39 is 5.92 Å². The van der Waals surface area contributed by atoms with Gasteiger partial charge in [0.05, 0.1) is 13.7 Å². The molecule has 0 radical (unpaired) electrons. The van der Waals surface area contributed by atoms with Gasteiger partial charge in [-0.05, 0) is 55.3 Å². The van der Waals surface area contributed by atoms with Crippen LogP contribution in [0.3, 0.4) is 0 Å². The van der Waals surface area contributed by atoms with Crippen molar-refractivity contribution in [2.24, 2.45) is 5.92 Å². The Morgan fingerprint density at radius 2 is 1.96 bits per heavy atom. The monoisotopic (exact) mass is 386 g/mol. The van der Waals surface area contributed by atoms with Crippen LogP contribution in [0.5, 0.6) is 11.5 Å². The lowest BCUT2D eigenvalue weighted by atomic mass is 10.1. The second-order valence-corrected chi connectivity index (χ2v) is 6.44. The predicted molar refractivity (Wildman–Crippen MR) is 103 cm³/mol. The first kappa shape index (κ1) is 19.7. The van der Waals surface area contributed by atoms with Crippen LogP contribution in [0.4, 0.5) is 10.1 Å². The summed E-state index contributed by atoms with van der Waals surface area (Å²) in [7, 11) is 1.57. The molecule has 2 aromatic carbocycles. The number of amides is 2. The Morgan fingerprint density at radius 1 is 1.21 bits per heavy atom. The lowest BCUT2D eigenvalue weighted by Gasteiger charge is -2.17. The number of halogens is 1. The van der Waals surface area contributed by atoms with Crippen LogP contribution in [0.1, 0.15) is 18.9 Å². The lowest BCUT2D eigenvalue weighted by molar-refractivity contribution is -0.132. The Labute approximate surface area is 163 Å². The summed E-state index contributed by atoms with van der Waals surface area (Å²) >= 11 is 0. The number of hydrogen-bond acceptors (Lipinski definition) is 4. The number of rotatable bonds is 7. The molecule has 1 N–H and O–H groups in total. The Kier molecular flexibility index (Phi) is 6.13. The molecule has 1 fully saturated rings. The molecule has 0 saturated carbocycles. The highest BCUT2D eigenvalue weighted by Crippen LogP contribution is 2.28. The van der Waals surface area contributed by atoms with E-state index in [0.717, 1.165) is 5.56 Å². The second kappa shape index (κ2) is 8.73. The summed E-state index contributed by atoms with van der Waals surface area (Å²) in [4.78, 5) is 26.6. The molecule has 2 aromatic rings. The molecule has 0 spiro atoms. The third kappa shape index (κ3) is 4.24. The zero-order chi connectivity index (χ0) is 20.1. The van der Waals surface area contributed by atoms with Crippen molar-refractivity contribution in [2.75, 3.05) is 25.2 Å². The van der Waals surface area contributed by atoms with Crippen LogP contribution in [0.25, 0.3) is 0 Å². The van der Waals surface area contributed by atoms with Gasteiger partial charge in [-0.3, -0.25) is 9.59 Å². The summed E-state index contributed by atoms with van der Waals surface area (Å²) in [6, 6.07) is 11.1. The first-order valence-corrected chi connectivity index (χ1v) is 9.18. The maximum absolute atomic E-state index is 13.1. The van der Waals surface area contributed by atoms with Crippen LogP contribution >= 0.6 is 0 Å². The molecule has 1 unspecified atom stereocenters. The van der Waals surface area contributed by atoms with Gasteiger partial charge >= 0.3 is 0 Å². The number of nitrogens with zero attached hydrogens (tertiary/aromatic N) is 1. The lowest BCUT2D eigenvalue weighted by Crippen LogP contribution is -2.36. The number of ether oxygens (including phenoxy) is 2. The molecule has 1 saturated heterocycles. The number of anilines is 1. The molecule has 0 aliphatic carbocycles. The molecular weight excluding hydrogens is 363 g/mol. The van der Waals surface area contributed by atoms with Gasteiger partial charge in [0.1, 0.15) is 11.7 Å². The summed E-state index contributed by atoms with van der Waals surface area (Å²) in [5.41, 5.74) is 1.44. The molecule has 1 heterocycles. The molecule has 28 heavy (non-hydrogen) atoms. The van der Waals surface area contributed by atoms with Crippen LogP contribution in [0.2, 0.25) is 0 Å². The van der Waals surface area contributed by atoms with E-state index in [1.807, 2.05) is 19.1 Å². The number of hydrogen-bond donors (Lipinski definition) is 1. The van der Waals surface area contributed by atoms with Gasteiger partial charge in [0.15, 0.2) is 11.5 Å². The third-order valence-electron chi connectivity index (χ3n) is 4.65. The maximum Gasteiger partial charge on any atom is 0.239 e. The fourth-order valence-electron chi connectivity index (χ4n) is 3.21. The molecule has 3 rings (SSSR count). The van der Waals surface area contributed by atoms with Gasteiger partial charge in [0.2, 0.25) is 11.8 Å². The molecular formula is C21H23FN2O4. The van der Waals surface area contributed by atoms with Crippen LogP contribution in [0, 0.1) is 11.7 Å².